The summed E-state index contributed by atoms with van der Waals surface area (Å²) >= 11 is 0. The minimum atomic E-state index is 0.193. The van der Waals surface area contributed by atoms with Crippen molar-refractivity contribution in [2.24, 2.45) is 5.84 Å². The summed E-state index contributed by atoms with van der Waals surface area (Å²) in [6, 6.07) is 0. The maximum Gasteiger partial charge on any atom is 0.205 e. The number of nitrogen functional groups attached to an aromatic ring is 1. The van der Waals surface area contributed by atoms with Crippen molar-refractivity contribution in [3.63, 3.8) is 0 Å². The first kappa shape index (κ1) is 13.8. The molecule has 8 heteroatoms. The highest BCUT2D eigenvalue weighted by molar-refractivity contribution is 5.64. The molecule has 0 bridgehead atoms. The summed E-state index contributed by atoms with van der Waals surface area (Å²) in [5.41, 5.74) is 2.51. The van der Waals surface area contributed by atoms with Gasteiger partial charge in [-0.25, -0.2) is 15.8 Å². The van der Waals surface area contributed by atoms with E-state index in [1.807, 2.05) is 0 Å². The first-order valence-electron chi connectivity index (χ1n) is 6.24. The molecule has 0 radical (unpaired) electrons. The number of aliphatic hydroxyl groups excluding tert-OH is 1. The largest absolute Gasteiger partial charge is 0.490 e. The van der Waals surface area contributed by atoms with Gasteiger partial charge in [0.2, 0.25) is 5.75 Å². The van der Waals surface area contributed by atoms with Crippen molar-refractivity contribution in [2.45, 2.75) is 0 Å². The lowest BCUT2D eigenvalue weighted by Crippen LogP contribution is -2.47. The maximum absolute atomic E-state index is 8.93. The fourth-order valence-corrected chi connectivity index (χ4v) is 2.21. The van der Waals surface area contributed by atoms with Crippen LogP contribution in [0.5, 0.6) is 5.75 Å². The molecule has 0 saturated carbocycles. The predicted octanol–water partition coefficient (Wildman–Crippen LogP) is -1.11. The number of anilines is 2. The third-order valence-corrected chi connectivity index (χ3v) is 3.21. The second kappa shape index (κ2) is 6.50. The molecule has 1 aromatic rings. The van der Waals surface area contributed by atoms with Crippen LogP contribution in [0, 0.1) is 0 Å². The minimum Gasteiger partial charge on any atom is -0.490 e. The molecule has 1 aromatic heterocycles. The number of β-amino-alcohol motifs (C(OH)–C–C–N with tert-alkyl or cyclic N) is 1. The number of aliphatic hydroxyl groups is 1. The Morgan fingerprint density at radius 1 is 1.37 bits per heavy atom. The summed E-state index contributed by atoms with van der Waals surface area (Å²) in [6.07, 6.45) is 1.47. The SMILES string of the molecule is COc1c(NN)ncnc1N1CCN(CCO)CC1. The zero-order valence-electron chi connectivity index (χ0n) is 11.0. The van der Waals surface area contributed by atoms with Crippen LogP contribution in [0.25, 0.3) is 0 Å². The number of hydrogen-bond donors (Lipinski definition) is 3. The number of methoxy groups -OCH3 is 1. The number of ether oxygens (including phenoxy) is 1. The standard InChI is InChI=1S/C11H20N6O2/c1-19-9-10(15-12)13-8-14-11(9)17-4-2-16(3-5-17)6-7-18/h8,18H,2-7,12H2,1H3,(H,13,14,15). The molecular formula is C11H20N6O2. The van der Waals surface area contributed by atoms with Gasteiger partial charge in [-0.1, -0.05) is 0 Å². The normalized spacial score (nSPS) is 16.5. The fraction of sp³-hybridized carbons (Fsp3) is 0.636. The number of nitrogens with two attached hydrogens (primary N) is 1. The Bertz CT molecular complexity index is 408. The van der Waals surface area contributed by atoms with Crippen LogP contribution in [0.15, 0.2) is 6.33 Å². The van der Waals surface area contributed by atoms with Gasteiger partial charge >= 0.3 is 0 Å². The van der Waals surface area contributed by atoms with Crippen molar-refractivity contribution in [1.29, 1.82) is 0 Å². The number of rotatable bonds is 5. The van der Waals surface area contributed by atoms with Gasteiger partial charge in [0.05, 0.1) is 13.7 Å². The first-order chi connectivity index (χ1) is 9.30. The Morgan fingerprint density at radius 2 is 2.11 bits per heavy atom. The Kier molecular flexibility index (Phi) is 4.72. The lowest BCUT2D eigenvalue weighted by atomic mass is 10.3. The topological polar surface area (TPSA) is 99.8 Å². The van der Waals surface area contributed by atoms with Gasteiger partial charge in [-0.2, -0.15) is 0 Å². The highest BCUT2D eigenvalue weighted by Gasteiger charge is 2.22. The monoisotopic (exact) mass is 268 g/mol. The Hall–Kier alpha value is -1.64. The average molecular weight is 268 g/mol. The minimum absolute atomic E-state index is 0.193. The maximum atomic E-state index is 8.93. The molecule has 1 saturated heterocycles. The summed E-state index contributed by atoms with van der Waals surface area (Å²) < 4.78 is 5.33. The second-order valence-corrected chi connectivity index (χ2v) is 4.28. The van der Waals surface area contributed by atoms with E-state index in [9.17, 15) is 0 Å². The molecule has 2 rings (SSSR count). The average Bonchev–Trinajstić information content (AvgIpc) is 2.47. The molecule has 0 spiro atoms. The van der Waals surface area contributed by atoms with E-state index < -0.39 is 0 Å². The van der Waals surface area contributed by atoms with Crippen molar-refractivity contribution in [1.82, 2.24) is 14.9 Å². The number of hydrazine groups is 1. The lowest BCUT2D eigenvalue weighted by molar-refractivity contribution is 0.188. The van der Waals surface area contributed by atoms with Crippen LogP contribution in [-0.4, -0.2) is 66.4 Å². The third-order valence-electron chi connectivity index (χ3n) is 3.21. The van der Waals surface area contributed by atoms with Crippen molar-refractivity contribution in [3.05, 3.63) is 6.33 Å². The molecule has 2 heterocycles. The molecule has 1 aliphatic heterocycles. The lowest BCUT2D eigenvalue weighted by Gasteiger charge is -2.35. The van der Waals surface area contributed by atoms with Crippen LogP contribution in [0.4, 0.5) is 11.6 Å². The smallest absolute Gasteiger partial charge is 0.205 e. The van der Waals surface area contributed by atoms with Crippen LogP contribution in [0.3, 0.4) is 0 Å². The molecular weight excluding hydrogens is 248 g/mol. The molecule has 0 aliphatic carbocycles. The molecule has 4 N–H and O–H groups in total. The Morgan fingerprint density at radius 3 is 2.68 bits per heavy atom. The zero-order chi connectivity index (χ0) is 13.7. The molecule has 106 valence electrons. The van der Waals surface area contributed by atoms with Crippen LogP contribution in [0.1, 0.15) is 0 Å². The van der Waals surface area contributed by atoms with Gasteiger partial charge in [-0.05, 0) is 0 Å². The van der Waals surface area contributed by atoms with Crippen LogP contribution < -0.4 is 20.9 Å². The molecule has 1 aliphatic rings. The third kappa shape index (κ3) is 3.03. The van der Waals surface area contributed by atoms with Gasteiger partial charge in [0, 0.05) is 32.7 Å². The highest BCUT2D eigenvalue weighted by Crippen LogP contribution is 2.31. The molecule has 0 amide bonds. The number of nitrogens with zero attached hydrogens (tertiary/aromatic N) is 4. The molecule has 0 unspecified atom stereocenters. The first-order valence-corrected chi connectivity index (χ1v) is 6.24. The van der Waals surface area contributed by atoms with E-state index >= 15 is 0 Å². The van der Waals surface area contributed by atoms with Crippen LogP contribution in [-0.2, 0) is 0 Å². The van der Waals surface area contributed by atoms with E-state index in [1.54, 1.807) is 7.11 Å². The number of hydrogen-bond acceptors (Lipinski definition) is 8. The molecule has 0 aromatic carbocycles. The van der Waals surface area contributed by atoms with E-state index in [1.165, 1.54) is 6.33 Å². The van der Waals surface area contributed by atoms with Gasteiger partial charge < -0.3 is 20.2 Å². The Balaban J connectivity index is 2.11. The second-order valence-electron chi connectivity index (χ2n) is 4.28. The summed E-state index contributed by atoms with van der Waals surface area (Å²) in [7, 11) is 1.57. The molecule has 19 heavy (non-hydrogen) atoms. The van der Waals surface area contributed by atoms with E-state index in [0.717, 1.165) is 32.0 Å². The van der Waals surface area contributed by atoms with Crippen LogP contribution in [0.2, 0.25) is 0 Å². The van der Waals surface area contributed by atoms with Crippen molar-refractivity contribution in [3.8, 4) is 5.75 Å². The van der Waals surface area contributed by atoms with E-state index in [2.05, 4.69) is 25.2 Å². The van der Waals surface area contributed by atoms with Crippen molar-refractivity contribution >= 4 is 11.6 Å². The Labute approximate surface area is 112 Å². The molecule has 1 fully saturated rings. The van der Waals surface area contributed by atoms with Gasteiger partial charge in [0.1, 0.15) is 6.33 Å². The summed E-state index contributed by atoms with van der Waals surface area (Å²) in [6.45, 7) is 4.34. The van der Waals surface area contributed by atoms with E-state index in [4.69, 9.17) is 15.7 Å². The number of nitrogens with one attached hydrogen (secondary N) is 1. The van der Waals surface area contributed by atoms with Gasteiger partial charge in [0.15, 0.2) is 11.6 Å². The summed E-state index contributed by atoms with van der Waals surface area (Å²) in [4.78, 5) is 12.7. The number of piperazine rings is 1. The fourth-order valence-electron chi connectivity index (χ4n) is 2.21. The van der Waals surface area contributed by atoms with Crippen LogP contribution >= 0.6 is 0 Å². The molecule has 0 atom stereocenters. The number of aromatic nitrogens is 2. The van der Waals surface area contributed by atoms with Crippen molar-refractivity contribution < 1.29 is 9.84 Å². The molecule has 8 nitrogen and oxygen atoms in total. The summed E-state index contributed by atoms with van der Waals surface area (Å²) in [5, 5.41) is 8.93. The van der Waals surface area contributed by atoms with Gasteiger partial charge in [-0.15, -0.1) is 0 Å². The van der Waals surface area contributed by atoms with E-state index in [-0.39, 0.29) is 6.61 Å². The van der Waals surface area contributed by atoms with Gasteiger partial charge in [0.25, 0.3) is 0 Å². The zero-order valence-corrected chi connectivity index (χ0v) is 11.0. The highest BCUT2D eigenvalue weighted by atomic mass is 16.5. The van der Waals surface area contributed by atoms with E-state index in [0.29, 0.717) is 18.1 Å². The van der Waals surface area contributed by atoms with Gasteiger partial charge in [-0.3, -0.25) is 4.90 Å². The summed E-state index contributed by atoms with van der Waals surface area (Å²) in [5.74, 6) is 7.19. The predicted molar refractivity (Wildman–Crippen MR) is 72.1 cm³/mol. The quantitative estimate of drug-likeness (QED) is 0.456. The van der Waals surface area contributed by atoms with Crippen molar-refractivity contribution in [2.75, 3.05) is 56.8 Å².